The molecule has 0 spiro atoms. The lowest BCUT2D eigenvalue weighted by atomic mass is 10.0. The minimum absolute atomic E-state index is 0.497. The Hall–Kier alpha value is -1.72. The molecule has 1 aliphatic rings. The number of aromatic nitrogens is 1. The predicted molar refractivity (Wildman–Crippen MR) is 122 cm³/mol. The molecule has 2 aromatic rings. The molecule has 0 bridgehead atoms. The van der Waals surface area contributed by atoms with Crippen LogP contribution in [0.25, 0.3) is 0 Å². The molecule has 29 heavy (non-hydrogen) atoms. The summed E-state index contributed by atoms with van der Waals surface area (Å²) in [4.78, 5) is 5.91. The molecule has 158 valence electrons. The standard InChI is InChI=1S/C24H34N2O2S/c1-18(2)16-26(24-10-5-21(15-25-24)19(3)4)29-23-8-6-22(7-9-23)28-17-20-11-13-27-14-12-20/h5-10,15,18-20H,11-14,16-17H2,1-4H3. The molecular formula is C24H34N2O2S. The lowest BCUT2D eigenvalue weighted by Crippen LogP contribution is -2.21. The number of benzene rings is 1. The maximum Gasteiger partial charge on any atom is 0.138 e. The largest absolute Gasteiger partial charge is 0.493 e. The third kappa shape index (κ3) is 6.93. The highest BCUT2D eigenvalue weighted by Gasteiger charge is 2.15. The number of anilines is 1. The first-order valence-electron chi connectivity index (χ1n) is 10.7. The van der Waals surface area contributed by atoms with Gasteiger partial charge >= 0.3 is 0 Å². The van der Waals surface area contributed by atoms with Crippen LogP contribution >= 0.6 is 11.9 Å². The molecule has 0 amide bonds. The van der Waals surface area contributed by atoms with Crippen LogP contribution < -0.4 is 9.04 Å². The summed E-state index contributed by atoms with van der Waals surface area (Å²) in [5.41, 5.74) is 1.27. The summed E-state index contributed by atoms with van der Waals surface area (Å²) < 4.78 is 13.7. The van der Waals surface area contributed by atoms with Crippen LogP contribution in [0.4, 0.5) is 5.82 Å². The van der Waals surface area contributed by atoms with E-state index >= 15 is 0 Å². The van der Waals surface area contributed by atoms with Crippen molar-refractivity contribution in [3.63, 3.8) is 0 Å². The van der Waals surface area contributed by atoms with Crippen LogP contribution in [0.1, 0.15) is 52.0 Å². The van der Waals surface area contributed by atoms with Gasteiger partial charge in [-0.2, -0.15) is 0 Å². The fourth-order valence-corrected chi connectivity index (χ4v) is 4.33. The lowest BCUT2D eigenvalue weighted by Gasteiger charge is -2.25. The van der Waals surface area contributed by atoms with E-state index in [0.717, 1.165) is 50.8 Å². The second kappa shape index (κ2) is 10.9. The van der Waals surface area contributed by atoms with E-state index in [1.165, 1.54) is 10.5 Å². The van der Waals surface area contributed by atoms with E-state index in [4.69, 9.17) is 14.5 Å². The first-order chi connectivity index (χ1) is 14.0. The zero-order valence-electron chi connectivity index (χ0n) is 18.1. The van der Waals surface area contributed by atoms with E-state index in [1.54, 1.807) is 11.9 Å². The molecule has 5 heteroatoms. The summed E-state index contributed by atoms with van der Waals surface area (Å²) in [6, 6.07) is 12.7. The smallest absolute Gasteiger partial charge is 0.138 e. The summed E-state index contributed by atoms with van der Waals surface area (Å²) in [5, 5.41) is 0. The monoisotopic (exact) mass is 414 g/mol. The van der Waals surface area contributed by atoms with Gasteiger partial charge in [-0.1, -0.05) is 33.8 Å². The average Bonchev–Trinajstić information content (AvgIpc) is 2.73. The number of pyridine rings is 1. The molecule has 0 radical (unpaired) electrons. The van der Waals surface area contributed by atoms with Crippen molar-refractivity contribution >= 4 is 17.8 Å². The van der Waals surface area contributed by atoms with Gasteiger partial charge in [-0.05, 0) is 78.4 Å². The summed E-state index contributed by atoms with van der Waals surface area (Å²) in [5.74, 6) is 3.61. The minimum Gasteiger partial charge on any atom is -0.493 e. The van der Waals surface area contributed by atoms with Gasteiger partial charge in [-0.15, -0.1) is 0 Å². The molecule has 1 aromatic carbocycles. The van der Waals surface area contributed by atoms with Gasteiger partial charge < -0.3 is 9.47 Å². The van der Waals surface area contributed by atoms with E-state index in [9.17, 15) is 0 Å². The third-order valence-corrected chi connectivity index (χ3v) is 6.13. The van der Waals surface area contributed by atoms with Crippen LogP contribution in [0.5, 0.6) is 5.75 Å². The van der Waals surface area contributed by atoms with E-state index in [1.807, 2.05) is 6.20 Å². The first kappa shape index (κ1) is 22.0. The fourth-order valence-electron chi connectivity index (χ4n) is 3.25. The summed E-state index contributed by atoms with van der Waals surface area (Å²) in [6.07, 6.45) is 4.20. The molecule has 1 aromatic heterocycles. The van der Waals surface area contributed by atoms with Crippen molar-refractivity contribution < 1.29 is 9.47 Å². The van der Waals surface area contributed by atoms with Gasteiger partial charge in [0.1, 0.15) is 11.6 Å². The molecule has 3 rings (SSSR count). The molecule has 0 atom stereocenters. The maximum absolute atomic E-state index is 6.00. The van der Waals surface area contributed by atoms with E-state index < -0.39 is 0 Å². The summed E-state index contributed by atoms with van der Waals surface area (Å²) >= 11 is 1.74. The highest BCUT2D eigenvalue weighted by Crippen LogP contribution is 2.30. The average molecular weight is 415 g/mol. The second-order valence-corrected chi connectivity index (χ2v) is 9.58. The Labute approximate surface area is 180 Å². The molecule has 4 nitrogen and oxygen atoms in total. The Kier molecular flexibility index (Phi) is 8.25. The van der Waals surface area contributed by atoms with Crippen LogP contribution in [0, 0.1) is 11.8 Å². The molecule has 0 unspecified atom stereocenters. The molecule has 2 heterocycles. The van der Waals surface area contributed by atoms with E-state index in [2.05, 4.69) is 68.4 Å². The van der Waals surface area contributed by atoms with Crippen LogP contribution in [0.15, 0.2) is 47.5 Å². The lowest BCUT2D eigenvalue weighted by molar-refractivity contribution is 0.0497. The maximum atomic E-state index is 6.00. The Balaban J connectivity index is 1.61. The Morgan fingerprint density at radius 2 is 1.79 bits per heavy atom. The first-order valence-corrected chi connectivity index (χ1v) is 11.5. The molecular weight excluding hydrogens is 380 g/mol. The predicted octanol–water partition coefficient (Wildman–Crippen LogP) is 6.18. The number of rotatable bonds is 9. The Bertz CT molecular complexity index is 726. The van der Waals surface area contributed by atoms with Crippen LogP contribution in [-0.2, 0) is 4.74 Å². The zero-order chi connectivity index (χ0) is 20.6. The number of hydrogen-bond acceptors (Lipinski definition) is 5. The van der Waals surface area contributed by atoms with Crippen LogP contribution in [0.2, 0.25) is 0 Å². The van der Waals surface area contributed by atoms with Crippen LogP contribution in [0.3, 0.4) is 0 Å². The summed E-state index contributed by atoms with van der Waals surface area (Å²) in [6.45, 7) is 12.3. The summed E-state index contributed by atoms with van der Waals surface area (Å²) in [7, 11) is 0. The molecule has 0 saturated carbocycles. The van der Waals surface area contributed by atoms with Gasteiger partial charge in [0.15, 0.2) is 0 Å². The molecule has 1 saturated heterocycles. The zero-order valence-corrected chi connectivity index (χ0v) is 19.0. The quantitative estimate of drug-likeness (QED) is 0.458. The molecule has 1 aliphatic heterocycles. The Morgan fingerprint density at radius 1 is 1.07 bits per heavy atom. The third-order valence-electron chi connectivity index (χ3n) is 5.09. The number of hydrogen-bond donors (Lipinski definition) is 0. The molecule has 0 aliphatic carbocycles. The molecule has 0 N–H and O–H groups in total. The molecule has 1 fully saturated rings. The number of nitrogens with zero attached hydrogens (tertiary/aromatic N) is 2. The highest BCUT2D eigenvalue weighted by atomic mass is 32.2. The van der Waals surface area contributed by atoms with Crippen molar-refractivity contribution in [2.45, 2.75) is 51.3 Å². The van der Waals surface area contributed by atoms with E-state index in [0.29, 0.717) is 17.8 Å². The van der Waals surface area contributed by atoms with Gasteiger partial charge in [0.2, 0.25) is 0 Å². The van der Waals surface area contributed by atoms with Gasteiger partial charge in [0.25, 0.3) is 0 Å². The minimum atomic E-state index is 0.497. The Morgan fingerprint density at radius 3 is 2.38 bits per heavy atom. The van der Waals surface area contributed by atoms with Crippen molar-refractivity contribution in [3.05, 3.63) is 48.2 Å². The van der Waals surface area contributed by atoms with Gasteiger partial charge in [-0.25, -0.2) is 4.98 Å². The number of ether oxygens (including phenoxy) is 2. The van der Waals surface area contributed by atoms with E-state index in [-0.39, 0.29) is 0 Å². The van der Waals surface area contributed by atoms with Crippen molar-refractivity contribution in [2.24, 2.45) is 11.8 Å². The normalized spacial score (nSPS) is 15.1. The SMILES string of the molecule is CC(C)CN(Sc1ccc(OCC2CCOCC2)cc1)c1ccc(C(C)C)cn1. The topological polar surface area (TPSA) is 34.6 Å². The van der Waals surface area contributed by atoms with Gasteiger partial charge in [0.05, 0.1) is 6.61 Å². The highest BCUT2D eigenvalue weighted by molar-refractivity contribution is 8.00. The van der Waals surface area contributed by atoms with Crippen molar-refractivity contribution in [3.8, 4) is 5.75 Å². The van der Waals surface area contributed by atoms with Crippen molar-refractivity contribution in [1.82, 2.24) is 4.98 Å². The fraction of sp³-hybridized carbons (Fsp3) is 0.542. The van der Waals surface area contributed by atoms with Crippen molar-refractivity contribution in [1.29, 1.82) is 0 Å². The van der Waals surface area contributed by atoms with Crippen molar-refractivity contribution in [2.75, 3.05) is 30.7 Å². The van der Waals surface area contributed by atoms with Gasteiger partial charge in [-0.3, -0.25) is 4.31 Å². The second-order valence-electron chi connectivity index (χ2n) is 8.49. The van der Waals surface area contributed by atoms with Crippen LogP contribution in [-0.4, -0.2) is 31.3 Å². The van der Waals surface area contributed by atoms with Gasteiger partial charge in [0, 0.05) is 30.9 Å².